The van der Waals surface area contributed by atoms with Gasteiger partial charge in [0.1, 0.15) is 0 Å². The van der Waals surface area contributed by atoms with E-state index in [2.05, 4.69) is 23.9 Å². The molecule has 3 rings (SSSR count). The number of hydrogen-bond acceptors (Lipinski definition) is 5. The van der Waals surface area contributed by atoms with Crippen molar-refractivity contribution in [2.24, 2.45) is 5.92 Å². The Kier molecular flexibility index (Phi) is 4.11. The van der Waals surface area contributed by atoms with E-state index in [0.717, 1.165) is 22.1 Å². The van der Waals surface area contributed by atoms with E-state index < -0.39 is 0 Å². The smallest absolute Gasteiger partial charge is 0.336 e. The lowest BCUT2D eigenvalue weighted by Gasteiger charge is -2.04. The van der Waals surface area contributed by atoms with Crippen molar-refractivity contribution in [1.29, 1.82) is 0 Å². The highest BCUT2D eigenvalue weighted by molar-refractivity contribution is 7.13. The monoisotopic (exact) mass is 314 g/mol. The summed E-state index contributed by atoms with van der Waals surface area (Å²) in [4.78, 5) is 5.58. The molecular weight excluding hydrogens is 296 g/mol. The number of anilines is 1. The number of nitrogen functional groups attached to an aromatic ring is 1. The zero-order chi connectivity index (χ0) is 15.5. The van der Waals surface area contributed by atoms with Crippen molar-refractivity contribution < 1.29 is 4.74 Å². The van der Waals surface area contributed by atoms with Crippen LogP contribution < -0.4 is 10.5 Å². The number of aromatic nitrogens is 3. The average Bonchev–Trinajstić information content (AvgIpc) is 3.15. The van der Waals surface area contributed by atoms with Crippen molar-refractivity contribution in [2.45, 2.75) is 13.8 Å². The van der Waals surface area contributed by atoms with Gasteiger partial charge in [0.2, 0.25) is 0 Å². The molecule has 0 spiro atoms. The van der Waals surface area contributed by atoms with Crippen molar-refractivity contribution in [3.05, 3.63) is 41.8 Å². The average molecular weight is 314 g/mol. The molecule has 114 valence electrons. The molecule has 3 aromatic rings. The van der Waals surface area contributed by atoms with Crippen LogP contribution in [0, 0.1) is 5.92 Å². The summed E-state index contributed by atoms with van der Waals surface area (Å²) in [5, 5.41) is 6.51. The van der Waals surface area contributed by atoms with Gasteiger partial charge in [0, 0.05) is 5.69 Å². The fourth-order valence-corrected chi connectivity index (χ4v) is 2.65. The van der Waals surface area contributed by atoms with Gasteiger partial charge in [-0.15, -0.1) is 16.4 Å². The lowest BCUT2D eigenvalue weighted by atomic mass is 10.2. The third-order valence-corrected chi connectivity index (χ3v) is 3.88. The second-order valence-electron chi connectivity index (χ2n) is 5.40. The zero-order valence-electron chi connectivity index (χ0n) is 12.6. The molecule has 0 amide bonds. The third-order valence-electron chi connectivity index (χ3n) is 3.01. The molecule has 0 saturated carbocycles. The highest BCUT2D eigenvalue weighted by Gasteiger charge is 2.15. The van der Waals surface area contributed by atoms with E-state index in [-0.39, 0.29) is 0 Å². The minimum Gasteiger partial charge on any atom is -0.462 e. The largest absolute Gasteiger partial charge is 0.462 e. The Balaban J connectivity index is 2.01. The summed E-state index contributed by atoms with van der Waals surface area (Å²) < 4.78 is 7.46. The van der Waals surface area contributed by atoms with Crippen LogP contribution in [0.25, 0.3) is 16.4 Å². The van der Waals surface area contributed by atoms with Crippen LogP contribution in [0.2, 0.25) is 0 Å². The van der Waals surface area contributed by atoms with Crippen LogP contribution >= 0.6 is 11.3 Å². The predicted molar refractivity (Wildman–Crippen MR) is 89.4 cm³/mol. The van der Waals surface area contributed by atoms with Gasteiger partial charge < -0.3 is 10.5 Å². The van der Waals surface area contributed by atoms with Crippen LogP contribution in [-0.2, 0) is 0 Å². The topological polar surface area (TPSA) is 66.0 Å². The third kappa shape index (κ3) is 3.12. The first-order chi connectivity index (χ1) is 10.6. The molecule has 0 bridgehead atoms. The molecule has 6 heteroatoms. The molecule has 1 aromatic carbocycles. The van der Waals surface area contributed by atoms with E-state index in [9.17, 15) is 0 Å². The van der Waals surface area contributed by atoms with E-state index in [4.69, 9.17) is 10.5 Å². The molecule has 2 aromatic heterocycles. The van der Waals surface area contributed by atoms with E-state index in [0.29, 0.717) is 18.5 Å². The Morgan fingerprint density at radius 1 is 1.23 bits per heavy atom. The Morgan fingerprint density at radius 2 is 2.00 bits per heavy atom. The van der Waals surface area contributed by atoms with Gasteiger partial charge in [-0.25, -0.2) is 4.68 Å². The molecule has 0 aliphatic rings. The summed E-state index contributed by atoms with van der Waals surface area (Å²) in [7, 11) is 0. The zero-order valence-corrected chi connectivity index (χ0v) is 13.4. The first-order valence-electron chi connectivity index (χ1n) is 7.13. The summed E-state index contributed by atoms with van der Waals surface area (Å²) >= 11 is 1.62. The molecule has 0 radical (unpaired) electrons. The number of hydrogen-bond donors (Lipinski definition) is 1. The van der Waals surface area contributed by atoms with Crippen LogP contribution in [-0.4, -0.2) is 21.4 Å². The number of nitrogens with zero attached hydrogens (tertiary/aromatic N) is 3. The fourth-order valence-electron chi connectivity index (χ4n) is 1.96. The molecule has 22 heavy (non-hydrogen) atoms. The minimum absolute atomic E-state index is 0.397. The van der Waals surface area contributed by atoms with Gasteiger partial charge in [0.05, 0.1) is 17.2 Å². The Hall–Kier alpha value is -2.34. The number of benzene rings is 1. The summed E-state index contributed by atoms with van der Waals surface area (Å²) in [6, 6.07) is 12.0. The molecule has 0 saturated heterocycles. The standard InChI is InChI=1S/C16H18N4OS/c1-11(2)10-21-16-18-15(14-4-3-9-22-14)20(19-16)13-7-5-12(17)6-8-13/h3-9,11H,10,17H2,1-2H3. The van der Waals surface area contributed by atoms with Crippen molar-refractivity contribution in [2.75, 3.05) is 12.3 Å². The quantitative estimate of drug-likeness (QED) is 0.731. The normalized spacial score (nSPS) is 11.0. The molecular formula is C16H18N4OS. The Bertz CT molecular complexity index is 732. The highest BCUT2D eigenvalue weighted by atomic mass is 32.1. The van der Waals surface area contributed by atoms with Crippen LogP contribution in [0.3, 0.4) is 0 Å². The number of nitrogens with two attached hydrogens (primary N) is 1. The summed E-state index contributed by atoms with van der Waals surface area (Å²) in [5.74, 6) is 1.20. The van der Waals surface area contributed by atoms with Crippen molar-refractivity contribution in [3.8, 4) is 22.4 Å². The number of rotatable bonds is 5. The van der Waals surface area contributed by atoms with Gasteiger partial charge in [0.15, 0.2) is 5.82 Å². The molecule has 2 heterocycles. The van der Waals surface area contributed by atoms with Gasteiger partial charge in [-0.1, -0.05) is 19.9 Å². The predicted octanol–water partition coefficient (Wildman–Crippen LogP) is 3.61. The van der Waals surface area contributed by atoms with Gasteiger partial charge >= 0.3 is 6.01 Å². The van der Waals surface area contributed by atoms with Crippen molar-refractivity contribution >= 4 is 17.0 Å². The summed E-state index contributed by atoms with van der Waals surface area (Å²) in [6.45, 7) is 4.78. The van der Waals surface area contributed by atoms with E-state index in [1.807, 2.05) is 41.8 Å². The van der Waals surface area contributed by atoms with Crippen molar-refractivity contribution in [1.82, 2.24) is 14.8 Å². The van der Waals surface area contributed by atoms with E-state index in [1.165, 1.54) is 0 Å². The van der Waals surface area contributed by atoms with E-state index >= 15 is 0 Å². The lowest BCUT2D eigenvalue weighted by Crippen LogP contribution is -2.06. The molecule has 0 aliphatic heterocycles. The molecule has 0 unspecified atom stereocenters. The second-order valence-corrected chi connectivity index (χ2v) is 6.35. The Morgan fingerprint density at radius 3 is 2.64 bits per heavy atom. The Labute approximate surface area is 133 Å². The number of ether oxygens (including phenoxy) is 1. The van der Waals surface area contributed by atoms with E-state index in [1.54, 1.807) is 16.0 Å². The first-order valence-corrected chi connectivity index (χ1v) is 8.01. The van der Waals surface area contributed by atoms with Crippen LogP contribution in [0.15, 0.2) is 41.8 Å². The summed E-state index contributed by atoms with van der Waals surface area (Å²) in [5.41, 5.74) is 7.38. The van der Waals surface area contributed by atoms with Crippen molar-refractivity contribution in [3.63, 3.8) is 0 Å². The van der Waals surface area contributed by atoms with Gasteiger partial charge in [-0.05, 0) is 41.6 Å². The number of thiophene rings is 1. The fraction of sp³-hybridized carbons (Fsp3) is 0.250. The maximum atomic E-state index is 5.76. The molecule has 2 N–H and O–H groups in total. The maximum Gasteiger partial charge on any atom is 0.336 e. The van der Waals surface area contributed by atoms with Crippen LogP contribution in [0.5, 0.6) is 6.01 Å². The summed E-state index contributed by atoms with van der Waals surface area (Å²) in [6.07, 6.45) is 0. The van der Waals surface area contributed by atoms with Crippen LogP contribution in [0.1, 0.15) is 13.8 Å². The van der Waals surface area contributed by atoms with Crippen LogP contribution in [0.4, 0.5) is 5.69 Å². The van der Waals surface area contributed by atoms with Gasteiger partial charge in [0.25, 0.3) is 0 Å². The first kappa shape index (κ1) is 14.6. The molecule has 0 atom stereocenters. The minimum atomic E-state index is 0.397. The van der Waals surface area contributed by atoms with Gasteiger partial charge in [-0.2, -0.15) is 4.98 Å². The maximum absolute atomic E-state index is 5.76. The van der Waals surface area contributed by atoms with Gasteiger partial charge in [-0.3, -0.25) is 0 Å². The molecule has 0 fully saturated rings. The molecule has 5 nitrogen and oxygen atoms in total. The molecule has 0 aliphatic carbocycles. The SMILES string of the molecule is CC(C)COc1nc(-c2cccs2)n(-c2ccc(N)cc2)n1. The lowest BCUT2D eigenvalue weighted by molar-refractivity contribution is 0.251. The highest BCUT2D eigenvalue weighted by Crippen LogP contribution is 2.27. The second kappa shape index (κ2) is 6.19.